The minimum Gasteiger partial charge on any atom is -0.507 e. The van der Waals surface area contributed by atoms with Gasteiger partial charge in [0.2, 0.25) is 0 Å². The van der Waals surface area contributed by atoms with Crippen molar-refractivity contribution in [2.45, 2.75) is 40.0 Å². The van der Waals surface area contributed by atoms with Gasteiger partial charge in [-0.1, -0.05) is 87.5 Å². The highest BCUT2D eigenvalue weighted by Crippen LogP contribution is 2.39. The van der Waals surface area contributed by atoms with Crippen LogP contribution in [0, 0.1) is 13.8 Å². The normalized spacial score (nSPS) is 11.8. The number of para-hydroxylation sites is 2. The Kier molecular flexibility index (Phi) is 6.58. The summed E-state index contributed by atoms with van der Waals surface area (Å²) < 4.78 is 2.16. The largest absolute Gasteiger partial charge is 0.507 e. The van der Waals surface area contributed by atoms with Gasteiger partial charge in [0, 0.05) is 28.4 Å². The zero-order chi connectivity index (χ0) is 30.6. The van der Waals surface area contributed by atoms with E-state index in [9.17, 15) is 5.11 Å². The van der Waals surface area contributed by atoms with Crippen LogP contribution in [0.4, 0.5) is 0 Å². The molecule has 0 saturated heterocycles. The fraction of sp³-hybridized carbons (Fsp3) is 0.150. The number of benzene rings is 5. The van der Waals surface area contributed by atoms with Gasteiger partial charge in [-0.3, -0.25) is 9.55 Å². The summed E-state index contributed by atoms with van der Waals surface area (Å²) in [5, 5.41) is 12.1. The Hall–Kier alpha value is -5.22. The number of imidazole rings is 1. The number of phenolic OH excluding ortho intramolecular Hbond substituents is 1. The van der Waals surface area contributed by atoms with E-state index in [-0.39, 0.29) is 11.2 Å². The molecule has 44 heavy (non-hydrogen) atoms. The summed E-state index contributed by atoms with van der Waals surface area (Å²) >= 11 is 0. The number of hydrogen-bond donors (Lipinski definition) is 1. The monoisotopic (exact) mass is 573 g/mol. The lowest BCUT2D eigenvalue weighted by Crippen LogP contribution is -2.11. The fourth-order valence-corrected chi connectivity index (χ4v) is 6.34. The molecule has 4 nitrogen and oxygen atoms in total. The molecule has 216 valence electrons. The third kappa shape index (κ3) is 4.64. The van der Waals surface area contributed by atoms with E-state index in [2.05, 4.69) is 118 Å². The van der Waals surface area contributed by atoms with E-state index in [4.69, 9.17) is 9.97 Å². The van der Waals surface area contributed by atoms with Crippen molar-refractivity contribution in [1.29, 1.82) is 0 Å². The Bertz CT molecular complexity index is 2180. The predicted molar refractivity (Wildman–Crippen MR) is 183 cm³/mol. The van der Waals surface area contributed by atoms with Gasteiger partial charge in [-0.2, -0.15) is 0 Å². The molecule has 2 heterocycles. The van der Waals surface area contributed by atoms with Crippen LogP contribution in [0.25, 0.3) is 61.3 Å². The first-order chi connectivity index (χ1) is 21.2. The average Bonchev–Trinajstić information content (AvgIpc) is 3.41. The molecule has 0 spiro atoms. The van der Waals surface area contributed by atoms with Gasteiger partial charge in [-0.25, -0.2) is 4.98 Å². The summed E-state index contributed by atoms with van der Waals surface area (Å²) in [6, 6.07) is 37.5. The molecule has 0 unspecified atom stereocenters. The third-order valence-electron chi connectivity index (χ3n) is 8.58. The van der Waals surface area contributed by atoms with Crippen LogP contribution in [0.5, 0.6) is 5.75 Å². The molecule has 0 aliphatic heterocycles. The minimum absolute atomic E-state index is 0.0465. The average molecular weight is 574 g/mol. The second-order valence-electron chi connectivity index (χ2n) is 12.6. The summed E-state index contributed by atoms with van der Waals surface area (Å²) in [7, 11) is 0. The number of aromatic hydroxyl groups is 1. The molecular weight excluding hydrogens is 538 g/mol. The Morgan fingerprint density at radius 2 is 1.39 bits per heavy atom. The predicted octanol–water partition coefficient (Wildman–Crippen LogP) is 10.2. The molecule has 0 fully saturated rings. The van der Waals surface area contributed by atoms with Gasteiger partial charge in [-0.05, 0) is 89.5 Å². The second-order valence-corrected chi connectivity index (χ2v) is 12.6. The van der Waals surface area contributed by atoms with Crippen LogP contribution in [-0.2, 0) is 5.41 Å². The quantitative estimate of drug-likeness (QED) is 0.228. The first-order valence-corrected chi connectivity index (χ1v) is 15.1. The third-order valence-corrected chi connectivity index (χ3v) is 8.58. The zero-order valence-corrected chi connectivity index (χ0v) is 25.8. The number of aryl methyl sites for hydroxylation is 2. The molecule has 0 bridgehead atoms. The molecule has 4 heteroatoms. The van der Waals surface area contributed by atoms with Crippen molar-refractivity contribution in [1.82, 2.24) is 14.5 Å². The van der Waals surface area contributed by atoms with Gasteiger partial charge in [0.25, 0.3) is 0 Å². The molecule has 0 atom stereocenters. The Morgan fingerprint density at radius 3 is 2.16 bits per heavy atom. The maximum Gasteiger partial charge on any atom is 0.149 e. The van der Waals surface area contributed by atoms with E-state index in [0.29, 0.717) is 11.4 Å². The lowest BCUT2D eigenvalue weighted by Gasteiger charge is -2.19. The van der Waals surface area contributed by atoms with Gasteiger partial charge in [0.05, 0.1) is 22.1 Å². The molecule has 0 aliphatic carbocycles. The highest BCUT2D eigenvalue weighted by molar-refractivity contribution is 6.00. The number of aromatic nitrogens is 3. The van der Waals surface area contributed by atoms with Gasteiger partial charge < -0.3 is 5.11 Å². The van der Waals surface area contributed by atoms with E-state index < -0.39 is 0 Å². The molecule has 1 N–H and O–H groups in total. The second kappa shape index (κ2) is 10.5. The molecule has 7 aromatic rings. The number of rotatable bonds is 4. The lowest BCUT2D eigenvalue weighted by molar-refractivity contribution is 0.477. The number of pyridine rings is 1. The molecule has 0 amide bonds. The molecular formula is C40H35N3O. The standard InChI is InChI=1S/C40H35N3O/c1-25-23-26(2)36(38-31(25)15-10-22-41-38)28-12-8-11-27(24-28)32-14-9-16-34-37(32)42-39(33-13-6-7-17-35(33)44)43(34)30-20-18-29(19-21-30)40(3,4)5/h6-24,44H,1-5H3. The highest BCUT2D eigenvalue weighted by Gasteiger charge is 2.21. The lowest BCUT2D eigenvalue weighted by atomic mass is 9.87. The minimum atomic E-state index is 0.0465. The van der Waals surface area contributed by atoms with Crippen molar-refractivity contribution >= 4 is 21.9 Å². The van der Waals surface area contributed by atoms with Crippen LogP contribution in [0.2, 0.25) is 0 Å². The number of phenols is 1. The number of fused-ring (bicyclic) bond motifs is 2. The van der Waals surface area contributed by atoms with E-state index >= 15 is 0 Å². The molecule has 0 aliphatic rings. The summed E-state index contributed by atoms with van der Waals surface area (Å²) in [4.78, 5) is 10.0. The topological polar surface area (TPSA) is 50.9 Å². The fourth-order valence-electron chi connectivity index (χ4n) is 6.34. The van der Waals surface area contributed by atoms with E-state index in [1.807, 2.05) is 30.5 Å². The molecule has 2 aromatic heterocycles. The van der Waals surface area contributed by atoms with Crippen molar-refractivity contribution in [2.75, 3.05) is 0 Å². The molecule has 5 aromatic carbocycles. The van der Waals surface area contributed by atoms with Crippen molar-refractivity contribution in [2.24, 2.45) is 0 Å². The van der Waals surface area contributed by atoms with Crippen LogP contribution >= 0.6 is 0 Å². The van der Waals surface area contributed by atoms with Crippen LogP contribution in [0.15, 0.2) is 115 Å². The maximum absolute atomic E-state index is 10.9. The highest BCUT2D eigenvalue weighted by atomic mass is 16.3. The Morgan fingerprint density at radius 1 is 0.659 bits per heavy atom. The van der Waals surface area contributed by atoms with Gasteiger partial charge in [0.15, 0.2) is 0 Å². The molecule has 7 rings (SSSR count). The van der Waals surface area contributed by atoms with E-state index in [0.717, 1.165) is 44.5 Å². The molecule has 0 radical (unpaired) electrons. The summed E-state index contributed by atoms with van der Waals surface area (Å²) in [5.74, 6) is 0.905. The first-order valence-electron chi connectivity index (χ1n) is 15.1. The van der Waals surface area contributed by atoms with Crippen molar-refractivity contribution in [3.8, 4) is 45.1 Å². The maximum atomic E-state index is 10.9. The Labute approximate surface area is 258 Å². The number of nitrogens with zero attached hydrogens (tertiary/aromatic N) is 3. The van der Waals surface area contributed by atoms with Gasteiger partial charge in [0.1, 0.15) is 11.6 Å². The summed E-state index contributed by atoms with van der Waals surface area (Å²) in [6.45, 7) is 11.0. The first kappa shape index (κ1) is 27.6. The van der Waals surface area contributed by atoms with Crippen molar-refractivity contribution in [3.05, 3.63) is 132 Å². The SMILES string of the molecule is Cc1cc(C)c2cccnc2c1-c1cccc(-c2cccc3c2nc(-c2ccccc2O)n3-c2ccc(C(C)(C)C)cc2)c1. The number of hydrogen-bond acceptors (Lipinski definition) is 3. The Balaban J connectivity index is 1.45. The van der Waals surface area contributed by atoms with Crippen molar-refractivity contribution < 1.29 is 5.11 Å². The summed E-state index contributed by atoms with van der Waals surface area (Å²) in [5.41, 5.74) is 12.7. The van der Waals surface area contributed by atoms with Crippen LogP contribution < -0.4 is 0 Å². The van der Waals surface area contributed by atoms with E-state index in [1.165, 1.54) is 22.1 Å². The summed E-state index contributed by atoms with van der Waals surface area (Å²) in [6.07, 6.45) is 1.87. The van der Waals surface area contributed by atoms with Crippen LogP contribution in [-0.4, -0.2) is 19.6 Å². The van der Waals surface area contributed by atoms with Crippen molar-refractivity contribution in [3.63, 3.8) is 0 Å². The van der Waals surface area contributed by atoms with Gasteiger partial charge >= 0.3 is 0 Å². The molecule has 0 saturated carbocycles. The van der Waals surface area contributed by atoms with Gasteiger partial charge in [-0.15, -0.1) is 0 Å². The van der Waals surface area contributed by atoms with Crippen LogP contribution in [0.1, 0.15) is 37.5 Å². The zero-order valence-electron chi connectivity index (χ0n) is 25.8. The van der Waals surface area contributed by atoms with E-state index in [1.54, 1.807) is 6.07 Å². The smallest absolute Gasteiger partial charge is 0.149 e. The van der Waals surface area contributed by atoms with Crippen LogP contribution in [0.3, 0.4) is 0 Å².